The molecule has 1 saturated heterocycles. The fourth-order valence-electron chi connectivity index (χ4n) is 3.46. The second-order valence-electron chi connectivity index (χ2n) is 7.09. The van der Waals surface area contributed by atoms with Gasteiger partial charge >= 0.3 is 0 Å². The fraction of sp³-hybridized carbons (Fsp3) is 0.429. The number of ketones is 1. The van der Waals surface area contributed by atoms with Crippen molar-refractivity contribution in [3.8, 4) is 0 Å². The van der Waals surface area contributed by atoms with E-state index in [9.17, 15) is 9.59 Å². The molecule has 0 saturated carbocycles. The molecule has 0 spiro atoms. The van der Waals surface area contributed by atoms with Gasteiger partial charge in [0.05, 0.1) is 13.0 Å². The van der Waals surface area contributed by atoms with Crippen LogP contribution in [0.3, 0.4) is 0 Å². The van der Waals surface area contributed by atoms with Gasteiger partial charge in [-0.25, -0.2) is 0 Å². The SMILES string of the molecule is Cc1cc(C(=O)CN2CCN(C(=O)Cc3ccccc3)CC2)c(C)n1C. The molecule has 0 atom stereocenters. The average Bonchev–Trinajstić information content (AvgIpc) is 2.90. The Labute approximate surface area is 155 Å². The van der Waals surface area contributed by atoms with Gasteiger partial charge in [0.2, 0.25) is 5.91 Å². The van der Waals surface area contributed by atoms with Gasteiger partial charge in [-0.15, -0.1) is 0 Å². The van der Waals surface area contributed by atoms with E-state index in [0.29, 0.717) is 26.1 Å². The number of hydrogen-bond donors (Lipinski definition) is 0. The van der Waals surface area contributed by atoms with E-state index in [-0.39, 0.29) is 11.7 Å². The number of aryl methyl sites for hydroxylation is 1. The predicted molar refractivity (Wildman–Crippen MR) is 102 cm³/mol. The van der Waals surface area contributed by atoms with Crippen LogP contribution in [0.25, 0.3) is 0 Å². The highest BCUT2D eigenvalue weighted by molar-refractivity contribution is 5.99. The van der Waals surface area contributed by atoms with Crippen LogP contribution >= 0.6 is 0 Å². The molecule has 1 aliphatic heterocycles. The summed E-state index contributed by atoms with van der Waals surface area (Å²) in [5.41, 5.74) is 3.98. The van der Waals surface area contributed by atoms with Crippen molar-refractivity contribution in [3.63, 3.8) is 0 Å². The number of piperazine rings is 1. The number of aromatic nitrogens is 1. The molecular weight excluding hydrogens is 326 g/mol. The monoisotopic (exact) mass is 353 g/mol. The summed E-state index contributed by atoms with van der Waals surface area (Å²) in [4.78, 5) is 29.1. The Morgan fingerprint density at radius 2 is 1.65 bits per heavy atom. The van der Waals surface area contributed by atoms with Gasteiger partial charge in [0.1, 0.15) is 0 Å². The molecule has 5 nitrogen and oxygen atoms in total. The molecule has 5 heteroatoms. The fourth-order valence-corrected chi connectivity index (χ4v) is 3.46. The zero-order chi connectivity index (χ0) is 18.7. The third kappa shape index (κ3) is 4.05. The van der Waals surface area contributed by atoms with Gasteiger partial charge in [-0.3, -0.25) is 14.5 Å². The molecule has 1 aliphatic rings. The van der Waals surface area contributed by atoms with E-state index in [1.54, 1.807) is 0 Å². The Morgan fingerprint density at radius 3 is 2.23 bits per heavy atom. The van der Waals surface area contributed by atoms with Crippen molar-refractivity contribution in [2.75, 3.05) is 32.7 Å². The summed E-state index contributed by atoms with van der Waals surface area (Å²) in [5, 5.41) is 0. The van der Waals surface area contributed by atoms with E-state index < -0.39 is 0 Å². The molecule has 138 valence electrons. The quantitative estimate of drug-likeness (QED) is 0.774. The highest BCUT2D eigenvalue weighted by atomic mass is 16.2. The predicted octanol–water partition coefficient (Wildman–Crippen LogP) is 2.21. The Kier molecular flexibility index (Phi) is 5.57. The second kappa shape index (κ2) is 7.87. The van der Waals surface area contributed by atoms with Crippen molar-refractivity contribution in [2.45, 2.75) is 20.3 Å². The van der Waals surface area contributed by atoms with Crippen molar-refractivity contribution in [1.82, 2.24) is 14.4 Å². The lowest BCUT2D eigenvalue weighted by atomic mass is 10.1. The topological polar surface area (TPSA) is 45.6 Å². The molecule has 26 heavy (non-hydrogen) atoms. The Hall–Kier alpha value is -2.40. The first-order valence-electron chi connectivity index (χ1n) is 9.16. The van der Waals surface area contributed by atoms with Crippen molar-refractivity contribution in [3.05, 3.63) is 58.9 Å². The highest BCUT2D eigenvalue weighted by Gasteiger charge is 2.24. The summed E-state index contributed by atoms with van der Waals surface area (Å²) in [7, 11) is 1.98. The number of Topliss-reactive ketones (excluding diaryl/α,β-unsaturated/α-hetero) is 1. The number of benzene rings is 1. The van der Waals surface area contributed by atoms with Crippen LogP contribution in [0.1, 0.15) is 27.3 Å². The Morgan fingerprint density at radius 1 is 1.00 bits per heavy atom. The van der Waals surface area contributed by atoms with E-state index in [4.69, 9.17) is 0 Å². The molecule has 1 amide bonds. The summed E-state index contributed by atoms with van der Waals surface area (Å²) in [6.07, 6.45) is 0.447. The maximum absolute atomic E-state index is 12.6. The lowest BCUT2D eigenvalue weighted by Crippen LogP contribution is -2.50. The van der Waals surface area contributed by atoms with Crippen LogP contribution in [0.4, 0.5) is 0 Å². The van der Waals surface area contributed by atoms with Gasteiger partial charge < -0.3 is 9.47 Å². The van der Waals surface area contributed by atoms with Gasteiger partial charge in [0.15, 0.2) is 5.78 Å². The molecule has 1 aromatic heterocycles. The van der Waals surface area contributed by atoms with E-state index in [1.807, 2.05) is 66.8 Å². The third-order valence-electron chi connectivity index (χ3n) is 5.37. The zero-order valence-corrected chi connectivity index (χ0v) is 15.9. The van der Waals surface area contributed by atoms with E-state index in [2.05, 4.69) is 4.90 Å². The van der Waals surface area contributed by atoms with E-state index in [1.165, 1.54) is 0 Å². The molecule has 2 aromatic rings. The molecule has 0 N–H and O–H groups in total. The second-order valence-corrected chi connectivity index (χ2v) is 7.09. The largest absolute Gasteiger partial charge is 0.351 e. The molecule has 0 bridgehead atoms. The van der Waals surface area contributed by atoms with Crippen molar-refractivity contribution in [2.24, 2.45) is 7.05 Å². The van der Waals surface area contributed by atoms with Gasteiger partial charge in [-0.05, 0) is 25.5 Å². The number of carbonyl (C=O) groups is 2. The van der Waals surface area contributed by atoms with Crippen LogP contribution in [-0.2, 0) is 18.3 Å². The minimum atomic E-state index is 0.162. The highest BCUT2D eigenvalue weighted by Crippen LogP contribution is 2.15. The Bertz CT molecular complexity index is 787. The number of nitrogens with zero attached hydrogens (tertiary/aromatic N) is 3. The Balaban J connectivity index is 1.51. The van der Waals surface area contributed by atoms with Crippen LogP contribution in [0.2, 0.25) is 0 Å². The molecule has 0 unspecified atom stereocenters. The zero-order valence-electron chi connectivity index (χ0n) is 15.9. The van der Waals surface area contributed by atoms with Crippen LogP contribution in [0.15, 0.2) is 36.4 Å². The molecule has 0 radical (unpaired) electrons. The molecule has 2 heterocycles. The standard InChI is InChI=1S/C21H27N3O2/c1-16-13-19(17(2)22(16)3)20(25)15-23-9-11-24(12-10-23)21(26)14-18-7-5-4-6-8-18/h4-8,13H,9-12,14-15H2,1-3H3. The molecule has 1 aromatic carbocycles. The van der Waals surface area contributed by atoms with Crippen LogP contribution < -0.4 is 0 Å². The third-order valence-corrected chi connectivity index (χ3v) is 5.37. The number of carbonyl (C=O) groups excluding carboxylic acids is 2. The number of rotatable bonds is 5. The van der Waals surface area contributed by atoms with E-state index >= 15 is 0 Å². The van der Waals surface area contributed by atoms with Gasteiger partial charge in [-0.2, -0.15) is 0 Å². The minimum absolute atomic E-state index is 0.162. The summed E-state index contributed by atoms with van der Waals surface area (Å²) in [5.74, 6) is 0.326. The molecule has 1 fully saturated rings. The van der Waals surface area contributed by atoms with Crippen molar-refractivity contribution in [1.29, 1.82) is 0 Å². The number of hydrogen-bond acceptors (Lipinski definition) is 3. The van der Waals surface area contributed by atoms with E-state index in [0.717, 1.165) is 35.6 Å². The first-order chi connectivity index (χ1) is 12.5. The lowest BCUT2D eigenvalue weighted by molar-refractivity contribution is -0.132. The average molecular weight is 353 g/mol. The first-order valence-corrected chi connectivity index (χ1v) is 9.16. The van der Waals surface area contributed by atoms with Crippen molar-refractivity contribution < 1.29 is 9.59 Å². The van der Waals surface area contributed by atoms with Crippen LogP contribution in [-0.4, -0.2) is 58.8 Å². The van der Waals surface area contributed by atoms with Gasteiger partial charge in [-0.1, -0.05) is 30.3 Å². The maximum Gasteiger partial charge on any atom is 0.227 e. The maximum atomic E-state index is 12.6. The summed E-state index contributed by atoms with van der Waals surface area (Å²) in [6.45, 7) is 7.29. The summed E-state index contributed by atoms with van der Waals surface area (Å²) < 4.78 is 2.05. The number of amides is 1. The summed E-state index contributed by atoms with van der Waals surface area (Å²) in [6, 6.07) is 11.8. The molecular formula is C21H27N3O2. The van der Waals surface area contributed by atoms with Gasteiger partial charge in [0, 0.05) is 50.2 Å². The van der Waals surface area contributed by atoms with Gasteiger partial charge in [0.25, 0.3) is 0 Å². The van der Waals surface area contributed by atoms with Crippen LogP contribution in [0, 0.1) is 13.8 Å². The van der Waals surface area contributed by atoms with Crippen molar-refractivity contribution >= 4 is 11.7 Å². The summed E-state index contributed by atoms with van der Waals surface area (Å²) >= 11 is 0. The first kappa shape index (κ1) is 18.4. The lowest BCUT2D eigenvalue weighted by Gasteiger charge is -2.34. The molecule has 0 aliphatic carbocycles. The smallest absolute Gasteiger partial charge is 0.227 e. The van der Waals surface area contributed by atoms with Crippen LogP contribution in [0.5, 0.6) is 0 Å². The minimum Gasteiger partial charge on any atom is -0.351 e. The molecule has 3 rings (SSSR count). The normalized spacial score (nSPS) is 15.3.